The Kier molecular flexibility index (Phi) is 5.05. The zero-order valence-electron chi connectivity index (χ0n) is 13.9. The maximum absolute atomic E-state index is 11.4. The molecule has 0 saturated carbocycles. The summed E-state index contributed by atoms with van der Waals surface area (Å²) in [6.45, 7) is 0.519. The second kappa shape index (κ2) is 7.40. The van der Waals surface area contributed by atoms with Crippen LogP contribution in [0.3, 0.4) is 0 Å². The maximum atomic E-state index is 11.4. The van der Waals surface area contributed by atoms with Gasteiger partial charge in [0.2, 0.25) is 0 Å². The molecule has 1 aromatic heterocycles. The summed E-state index contributed by atoms with van der Waals surface area (Å²) >= 11 is 6.30. The Balaban J connectivity index is 1.76. The lowest BCUT2D eigenvalue weighted by Gasteiger charge is -2.10. The fourth-order valence-corrected chi connectivity index (χ4v) is 2.67. The third-order valence-corrected chi connectivity index (χ3v) is 4.17. The molecule has 0 atom stereocenters. The molecule has 0 amide bonds. The van der Waals surface area contributed by atoms with Crippen molar-refractivity contribution in [1.29, 1.82) is 0 Å². The SMILES string of the molecule is COC(=O)c1ccc(NCc2cc3ccc(OC)cc3nc2Cl)cc1. The van der Waals surface area contributed by atoms with Crippen molar-refractivity contribution >= 4 is 34.2 Å². The normalized spacial score (nSPS) is 10.5. The molecule has 3 rings (SSSR count). The molecule has 0 spiro atoms. The third-order valence-electron chi connectivity index (χ3n) is 3.84. The van der Waals surface area contributed by atoms with E-state index >= 15 is 0 Å². The van der Waals surface area contributed by atoms with E-state index in [0.29, 0.717) is 17.3 Å². The largest absolute Gasteiger partial charge is 0.497 e. The van der Waals surface area contributed by atoms with Crippen molar-refractivity contribution in [3.8, 4) is 5.75 Å². The highest BCUT2D eigenvalue weighted by atomic mass is 35.5. The van der Waals surface area contributed by atoms with Crippen LogP contribution in [-0.2, 0) is 11.3 Å². The van der Waals surface area contributed by atoms with Gasteiger partial charge in [-0.2, -0.15) is 0 Å². The van der Waals surface area contributed by atoms with Gasteiger partial charge in [-0.15, -0.1) is 0 Å². The number of carbonyl (C=O) groups excluding carboxylic acids is 1. The molecule has 0 aliphatic rings. The van der Waals surface area contributed by atoms with Gasteiger partial charge in [0.1, 0.15) is 10.9 Å². The summed E-state index contributed by atoms with van der Waals surface area (Å²) in [6, 6.07) is 14.7. The Morgan fingerprint density at radius 3 is 2.56 bits per heavy atom. The van der Waals surface area contributed by atoms with Gasteiger partial charge >= 0.3 is 5.97 Å². The summed E-state index contributed by atoms with van der Waals surface area (Å²) in [5.41, 5.74) is 3.05. The second-order valence-corrected chi connectivity index (χ2v) is 5.78. The molecule has 3 aromatic rings. The van der Waals surface area contributed by atoms with Crippen LogP contribution in [0.4, 0.5) is 5.69 Å². The number of nitrogens with one attached hydrogen (secondary N) is 1. The number of methoxy groups -OCH3 is 2. The summed E-state index contributed by atoms with van der Waals surface area (Å²) in [4.78, 5) is 15.9. The van der Waals surface area contributed by atoms with Gasteiger partial charge in [0.25, 0.3) is 0 Å². The molecule has 5 nitrogen and oxygen atoms in total. The van der Waals surface area contributed by atoms with E-state index in [1.54, 1.807) is 19.2 Å². The average molecular weight is 357 g/mol. The van der Waals surface area contributed by atoms with E-state index in [9.17, 15) is 4.79 Å². The lowest BCUT2D eigenvalue weighted by atomic mass is 10.1. The molecule has 0 unspecified atom stereocenters. The maximum Gasteiger partial charge on any atom is 0.337 e. The number of pyridine rings is 1. The van der Waals surface area contributed by atoms with Gasteiger partial charge in [0, 0.05) is 29.2 Å². The van der Waals surface area contributed by atoms with Crippen LogP contribution in [-0.4, -0.2) is 25.2 Å². The lowest BCUT2D eigenvalue weighted by Crippen LogP contribution is -2.03. The van der Waals surface area contributed by atoms with E-state index in [2.05, 4.69) is 15.0 Å². The molecule has 0 bridgehead atoms. The smallest absolute Gasteiger partial charge is 0.337 e. The number of carbonyl (C=O) groups is 1. The molecular weight excluding hydrogens is 340 g/mol. The van der Waals surface area contributed by atoms with Crippen LogP contribution in [0.2, 0.25) is 5.15 Å². The summed E-state index contributed by atoms with van der Waals surface area (Å²) in [6.07, 6.45) is 0. The number of hydrogen-bond acceptors (Lipinski definition) is 5. The van der Waals surface area contributed by atoms with Gasteiger partial charge in [-0.25, -0.2) is 9.78 Å². The van der Waals surface area contributed by atoms with Crippen molar-refractivity contribution in [2.24, 2.45) is 0 Å². The molecule has 0 aliphatic heterocycles. The molecule has 25 heavy (non-hydrogen) atoms. The quantitative estimate of drug-likeness (QED) is 0.545. The van der Waals surface area contributed by atoms with E-state index in [1.807, 2.05) is 36.4 Å². The van der Waals surface area contributed by atoms with Gasteiger partial charge < -0.3 is 14.8 Å². The Hall–Kier alpha value is -2.79. The molecule has 2 aromatic carbocycles. The van der Waals surface area contributed by atoms with Crippen LogP contribution in [0.5, 0.6) is 5.75 Å². The Bertz CT molecular complexity index is 910. The summed E-state index contributed by atoms with van der Waals surface area (Å²) < 4.78 is 9.89. The highest BCUT2D eigenvalue weighted by molar-refractivity contribution is 6.30. The van der Waals surface area contributed by atoms with Crippen molar-refractivity contribution in [2.45, 2.75) is 6.54 Å². The molecule has 128 valence electrons. The first-order chi connectivity index (χ1) is 12.1. The van der Waals surface area contributed by atoms with E-state index in [-0.39, 0.29) is 5.97 Å². The van der Waals surface area contributed by atoms with Crippen molar-refractivity contribution < 1.29 is 14.3 Å². The molecular formula is C19H17ClN2O3. The Morgan fingerprint density at radius 1 is 1.12 bits per heavy atom. The number of benzene rings is 2. The van der Waals surface area contributed by atoms with Gasteiger partial charge in [-0.05, 0) is 42.5 Å². The first-order valence-corrected chi connectivity index (χ1v) is 8.04. The van der Waals surface area contributed by atoms with Gasteiger partial charge in [0.05, 0.1) is 25.3 Å². The summed E-state index contributed by atoms with van der Waals surface area (Å²) in [5, 5.41) is 4.70. The minimum Gasteiger partial charge on any atom is -0.497 e. The van der Waals surface area contributed by atoms with Crippen LogP contribution >= 0.6 is 11.6 Å². The molecule has 1 N–H and O–H groups in total. The zero-order valence-corrected chi connectivity index (χ0v) is 14.6. The number of rotatable bonds is 5. The average Bonchev–Trinajstić information content (AvgIpc) is 2.65. The van der Waals surface area contributed by atoms with Crippen LogP contribution in [0.25, 0.3) is 10.9 Å². The van der Waals surface area contributed by atoms with Crippen LogP contribution in [0.1, 0.15) is 15.9 Å². The fourth-order valence-electron chi connectivity index (χ4n) is 2.46. The Morgan fingerprint density at radius 2 is 1.88 bits per heavy atom. The topological polar surface area (TPSA) is 60.5 Å². The summed E-state index contributed by atoms with van der Waals surface area (Å²) in [5.74, 6) is 0.386. The molecule has 0 aliphatic carbocycles. The number of ether oxygens (including phenoxy) is 2. The molecule has 1 heterocycles. The standard InChI is InChI=1S/C19H17ClN2O3/c1-24-16-8-5-13-9-14(18(20)22-17(13)10-16)11-21-15-6-3-12(4-7-15)19(23)25-2/h3-10,21H,11H2,1-2H3. The van der Waals surface area contributed by atoms with Crippen molar-refractivity contribution in [1.82, 2.24) is 4.98 Å². The highest BCUT2D eigenvalue weighted by Gasteiger charge is 2.07. The first-order valence-electron chi connectivity index (χ1n) is 7.66. The minimum absolute atomic E-state index is 0.358. The van der Waals surface area contributed by atoms with Crippen LogP contribution in [0.15, 0.2) is 48.5 Å². The van der Waals surface area contributed by atoms with E-state index in [4.69, 9.17) is 16.3 Å². The lowest BCUT2D eigenvalue weighted by molar-refractivity contribution is 0.0601. The van der Waals surface area contributed by atoms with Crippen LogP contribution in [0, 0.1) is 0 Å². The molecule has 0 fully saturated rings. The monoisotopic (exact) mass is 356 g/mol. The van der Waals surface area contributed by atoms with Crippen LogP contribution < -0.4 is 10.1 Å². The van der Waals surface area contributed by atoms with Crippen molar-refractivity contribution in [3.05, 3.63) is 64.8 Å². The number of anilines is 1. The van der Waals surface area contributed by atoms with Gasteiger partial charge in [-0.3, -0.25) is 0 Å². The number of aromatic nitrogens is 1. The number of hydrogen-bond donors (Lipinski definition) is 1. The fraction of sp³-hybridized carbons (Fsp3) is 0.158. The Labute approximate surface area is 150 Å². The third kappa shape index (κ3) is 3.83. The highest BCUT2D eigenvalue weighted by Crippen LogP contribution is 2.25. The molecule has 0 saturated heterocycles. The summed E-state index contributed by atoms with van der Waals surface area (Å²) in [7, 11) is 2.98. The number of esters is 1. The van der Waals surface area contributed by atoms with Gasteiger partial charge in [0.15, 0.2) is 0 Å². The van der Waals surface area contributed by atoms with E-state index in [1.165, 1.54) is 7.11 Å². The second-order valence-electron chi connectivity index (χ2n) is 5.42. The zero-order chi connectivity index (χ0) is 17.8. The first kappa shape index (κ1) is 17.0. The number of fused-ring (bicyclic) bond motifs is 1. The predicted molar refractivity (Wildman–Crippen MR) is 98.4 cm³/mol. The van der Waals surface area contributed by atoms with Crippen molar-refractivity contribution in [2.75, 3.05) is 19.5 Å². The number of halogens is 1. The minimum atomic E-state index is -0.358. The molecule has 0 radical (unpaired) electrons. The molecule has 6 heteroatoms. The van der Waals surface area contributed by atoms with Gasteiger partial charge in [-0.1, -0.05) is 11.6 Å². The number of nitrogens with zero attached hydrogens (tertiary/aromatic N) is 1. The van der Waals surface area contributed by atoms with E-state index < -0.39 is 0 Å². The van der Waals surface area contributed by atoms with E-state index in [0.717, 1.165) is 27.9 Å². The predicted octanol–water partition coefficient (Wildman–Crippen LogP) is 4.30. The van der Waals surface area contributed by atoms with Crippen molar-refractivity contribution in [3.63, 3.8) is 0 Å².